The van der Waals surface area contributed by atoms with Crippen molar-refractivity contribution in [1.29, 1.82) is 0 Å². The average molecular weight is 761 g/mol. The molecule has 0 saturated carbocycles. The van der Waals surface area contributed by atoms with Gasteiger partial charge in [-0.25, -0.2) is 5.06 Å². The zero-order valence-electron chi connectivity index (χ0n) is 19.0. The minimum absolute atomic E-state index is 0.0881. The lowest BCUT2D eigenvalue weighted by atomic mass is 9.87. The predicted molar refractivity (Wildman–Crippen MR) is 145 cm³/mol. The average Bonchev–Trinajstić information content (AvgIpc) is 3.27. The largest absolute Gasteiger partial charge is 0.495 e. The smallest absolute Gasteiger partial charge is 0.269 e. The predicted octanol–water partition coefficient (Wildman–Crippen LogP) is 3.91. The maximum Gasteiger partial charge on any atom is 0.269 e. The summed E-state index contributed by atoms with van der Waals surface area (Å²) in [6.07, 6.45) is 2.00. The van der Waals surface area contributed by atoms with Gasteiger partial charge in [0.1, 0.15) is 23.3 Å². The number of nitrogens with one attached hydrogen (secondary N) is 1. The number of hydrogen-bond acceptors (Lipinski definition) is 8. The SMILES string of the molecule is COC1=C(Br)C(O)C2(C=C1Br)CC(C(=O)NCCCOc1c(Br)cc(CCN(O)C=O)cc1Br)=NO2. The second-order valence-corrected chi connectivity index (χ2v) is 11.3. The van der Waals surface area contributed by atoms with Gasteiger partial charge < -0.3 is 24.7 Å². The van der Waals surface area contributed by atoms with Crippen LogP contribution in [0.25, 0.3) is 0 Å². The highest BCUT2D eigenvalue weighted by atomic mass is 79.9. The molecule has 1 aliphatic heterocycles. The van der Waals surface area contributed by atoms with E-state index >= 15 is 0 Å². The van der Waals surface area contributed by atoms with Gasteiger partial charge in [0, 0.05) is 13.0 Å². The second kappa shape index (κ2) is 12.9. The number of aliphatic hydroxyl groups excluding tert-OH is 1. The standard InChI is InChI=1S/C22H23Br4N3O7/c1-34-19-15(25)9-22(20(31)17(19)26)10-16(28-36-22)21(32)27-4-2-6-35-18-13(23)7-12(8-14(18)24)3-5-29(33)11-30/h7-9,11,20,31,33H,2-6,10H2,1H3,(H,27,32). The Labute approximate surface area is 241 Å². The van der Waals surface area contributed by atoms with Crippen LogP contribution in [0.1, 0.15) is 18.4 Å². The minimum atomic E-state index is -1.21. The molecule has 2 atom stereocenters. The summed E-state index contributed by atoms with van der Waals surface area (Å²) < 4.78 is 13.5. The van der Waals surface area contributed by atoms with Gasteiger partial charge in [-0.05, 0) is 100 Å². The lowest BCUT2D eigenvalue weighted by molar-refractivity contribution is -0.149. The molecule has 0 radical (unpaired) electrons. The van der Waals surface area contributed by atoms with Gasteiger partial charge in [-0.15, -0.1) is 0 Å². The normalized spacial score (nSPS) is 21.0. The number of hydrogen-bond donors (Lipinski definition) is 3. The van der Waals surface area contributed by atoms with Gasteiger partial charge in [-0.2, -0.15) is 0 Å². The number of ether oxygens (including phenoxy) is 2. The van der Waals surface area contributed by atoms with Crippen molar-refractivity contribution in [2.45, 2.75) is 31.0 Å². The van der Waals surface area contributed by atoms with Gasteiger partial charge >= 0.3 is 0 Å². The monoisotopic (exact) mass is 757 g/mol. The Balaban J connectivity index is 1.46. The quantitative estimate of drug-likeness (QED) is 0.135. The summed E-state index contributed by atoms with van der Waals surface area (Å²) in [5.41, 5.74) is -0.134. The van der Waals surface area contributed by atoms with Crippen molar-refractivity contribution in [3.63, 3.8) is 0 Å². The molecule has 3 N–H and O–H groups in total. The third kappa shape index (κ3) is 6.70. The van der Waals surface area contributed by atoms with E-state index < -0.39 is 11.7 Å². The lowest BCUT2D eigenvalue weighted by Gasteiger charge is -2.33. The molecule has 0 aromatic heterocycles. The van der Waals surface area contributed by atoms with E-state index in [1.165, 1.54) is 7.11 Å². The van der Waals surface area contributed by atoms with Crippen molar-refractivity contribution in [2.24, 2.45) is 5.16 Å². The summed E-state index contributed by atoms with van der Waals surface area (Å²) in [5.74, 6) is 0.660. The highest BCUT2D eigenvalue weighted by Crippen LogP contribution is 2.44. The lowest BCUT2D eigenvalue weighted by Crippen LogP contribution is -2.45. The number of halogens is 4. The molecule has 1 aliphatic carbocycles. The van der Waals surface area contributed by atoms with Gasteiger partial charge in [0.05, 0.1) is 38.2 Å². The first-order chi connectivity index (χ1) is 17.1. The molecular formula is C22H23Br4N3O7. The summed E-state index contributed by atoms with van der Waals surface area (Å²) in [7, 11) is 1.49. The Morgan fingerprint density at radius 3 is 2.67 bits per heavy atom. The Morgan fingerprint density at radius 2 is 2.03 bits per heavy atom. The molecule has 2 amide bonds. The number of rotatable bonds is 11. The van der Waals surface area contributed by atoms with E-state index in [9.17, 15) is 19.9 Å². The van der Waals surface area contributed by atoms with E-state index in [0.717, 1.165) is 14.5 Å². The molecule has 2 aliphatic rings. The zero-order valence-corrected chi connectivity index (χ0v) is 25.3. The van der Waals surface area contributed by atoms with E-state index in [1.807, 2.05) is 12.1 Å². The molecule has 2 unspecified atom stereocenters. The van der Waals surface area contributed by atoms with Gasteiger partial charge in [0.2, 0.25) is 6.41 Å². The van der Waals surface area contributed by atoms with E-state index in [2.05, 4.69) is 74.2 Å². The Hall–Kier alpha value is -1.45. The van der Waals surface area contributed by atoms with Crippen molar-refractivity contribution >= 4 is 81.7 Å². The minimum Gasteiger partial charge on any atom is -0.495 e. The number of methoxy groups -OCH3 is 1. The van der Waals surface area contributed by atoms with Crippen LogP contribution in [0.5, 0.6) is 5.75 Å². The summed E-state index contributed by atoms with van der Waals surface area (Å²) in [4.78, 5) is 28.6. The van der Waals surface area contributed by atoms with E-state index in [1.54, 1.807) is 6.08 Å². The third-order valence-corrected chi connectivity index (χ3v) is 7.97. The molecule has 10 nitrogen and oxygen atoms in total. The molecule has 0 saturated heterocycles. The molecule has 1 heterocycles. The van der Waals surface area contributed by atoms with Crippen molar-refractivity contribution in [3.8, 4) is 5.75 Å². The fourth-order valence-corrected chi connectivity index (χ4v) is 6.86. The van der Waals surface area contributed by atoms with Gasteiger partial charge in [0.25, 0.3) is 5.91 Å². The molecule has 0 fully saturated rings. The van der Waals surface area contributed by atoms with Crippen molar-refractivity contribution in [1.82, 2.24) is 10.4 Å². The van der Waals surface area contributed by atoms with E-state index in [-0.39, 0.29) is 24.6 Å². The van der Waals surface area contributed by atoms with Crippen LogP contribution in [0, 0.1) is 0 Å². The van der Waals surface area contributed by atoms with Crippen LogP contribution in [-0.2, 0) is 25.6 Å². The van der Waals surface area contributed by atoms with Crippen molar-refractivity contribution in [3.05, 3.63) is 47.4 Å². The molecule has 1 aromatic carbocycles. The summed E-state index contributed by atoms with van der Waals surface area (Å²) in [5, 5.41) is 27.2. The van der Waals surface area contributed by atoms with Crippen LogP contribution in [0.4, 0.5) is 0 Å². The summed E-state index contributed by atoms with van der Waals surface area (Å²) >= 11 is 13.7. The Morgan fingerprint density at radius 1 is 1.33 bits per heavy atom. The number of nitrogens with zero attached hydrogens (tertiary/aromatic N) is 2. The molecule has 196 valence electrons. The number of benzene rings is 1. The van der Waals surface area contributed by atoms with Crippen molar-refractivity contribution < 1.29 is 34.2 Å². The number of hydroxylamine groups is 2. The van der Waals surface area contributed by atoms with Crippen LogP contribution >= 0.6 is 63.7 Å². The molecule has 36 heavy (non-hydrogen) atoms. The van der Waals surface area contributed by atoms with Gasteiger partial charge in [-0.1, -0.05) is 5.16 Å². The topological polar surface area (TPSA) is 130 Å². The van der Waals surface area contributed by atoms with Crippen molar-refractivity contribution in [2.75, 3.05) is 26.8 Å². The summed E-state index contributed by atoms with van der Waals surface area (Å²) in [6.45, 7) is 0.857. The maximum atomic E-state index is 12.6. The summed E-state index contributed by atoms with van der Waals surface area (Å²) in [6, 6.07) is 3.70. The number of carbonyl (C=O) groups excluding carboxylic acids is 2. The molecule has 14 heteroatoms. The van der Waals surface area contributed by atoms with Crippen LogP contribution in [-0.4, -0.2) is 71.9 Å². The van der Waals surface area contributed by atoms with Gasteiger partial charge in [0.15, 0.2) is 5.60 Å². The van der Waals surface area contributed by atoms with Crippen LogP contribution in [0.3, 0.4) is 0 Å². The van der Waals surface area contributed by atoms with Gasteiger partial charge in [-0.3, -0.25) is 14.8 Å². The van der Waals surface area contributed by atoms with E-state index in [4.69, 9.17) is 14.3 Å². The van der Waals surface area contributed by atoms with Crippen LogP contribution in [0.2, 0.25) is 0 Å². The number of allylic oxidation sites excluding steroid dienone is 1. The number of amides is 2. The maximum absolute atomic E-state index is 12.6. The molecule has 0 bridgehead atoms. The van der Waals surface area contributed by atoms with E-state index in [0.29, 0.717) is 57.9 Å². The number of carbonyl (C=O) groups is 2. The fourth-order valence-electron chi connectivity index (χ4n) is 3.56. The molecule has 1 spiro atoms. The fraction of sp³-hybridized carbons (Fsp3) is 0.409. The molecular weight excluding hydrogens is 738 g/mol. The third-order valence-electron chi connectivity index (χ3n) is 5.41. The molecule has 3 rings (SSSR count). The zero-order chi connectivity index (χ0) is 26.5. The second-order valence-electron chi connectivity index (χ2n) is 7.90. The first kappa shape index (κ1) is 29.1. The van der Waals surface area contributed by atoms with Crippen LogP contribution < -0.4 is 10.1 Å². The Bertz CT molecular complexity index is 1090. The first-order valence-electron chi connectivity index (χ1n) is 10.7. The molecule has 1 aromatic rings. The highest BCUT2D eigenvalue weighted by Gasteiger charge is 2.50. The first-order valence-corrected chi connectivity index (χ1v) is 13.8. The highest BCUT2D eigenvalue weighted by molar-refractivity contribution is 9.12. The number of aliphatic hydroxyl groups is 1. The number of oxime groups is 1. The Kier molecular flexibility index (Phi) is 10.4. The van der Waals surface area contributed by atoms with Crippen LogP contribution in [0.15, 0.2) is 47.0 Å².